The van der Waals surface area contributed by atoms with Gasteiger partial charge in [-0.2, -0.15) is 0 Å². The van der Waals surface area contributed by atoms with Crippen LogP contribution < -0.4 is 5.32 Å². The molecule has 1 aliphatic heterocycles. The maximum Gasteiger partial charge on any atom is 0.124 e. The van der Waals surface area contributed by atoms with E-state index in [9.17, 15) is 0 Å². The average molecular weight is 244 g/mol. The minimum atomic E-state index is 0.215. The largest absolute Gasteiger partial charge is 0.364 e. The zero-order valence-corrected chi connectivity index (χ0v) is 11.2. The fourth-order valence-electron chi connectivity index (χ4n) is 1.79. The van der Waals surface area contributed by atoms with E-state index in [2.05, 4.69) is 53.2 Å². The summed E-state index contributed by atoms with van der Waals surface area (Å²) in [6.07, 6.45) is 7.78. The molecule has 1 N–H and O–H groups in total. The zero-order valence-electron chi connectivity index (χ0n) is 11.2. The summed E-state index contributed by atoms with van der Waals surface area (Å²) < 4.78 is 0. The lowest BCUT2D eigenvalue weighted by molar-refractivity contribution is 0.317. The van der Waals surface area contributed by atoms with Crippen LogP contribution in [-0.4, -0.2) is 28.4 Å². The van der Waals surface area contributed by atoms with Gasteiger partial charge < -0.3 is 10.2 Å². The molecule has 1 aromatic heterocycles. The SMILES string of the molecule is CC(NC1=NCN(C(C)C)C=C1)c1cccnc1. The van der Waals surface area contributed by atoms with E-state index >= 15 is 0 Å². The van der Waals surface area contributed by atoms with Gasteiger partial charge in [-0.15, -0.1) is 0 Å². The highest BCUT2D eigenvalue weighted by Gasteiger charge is 2.11. The Hall–Kier alpha value is -1.84. The van der Waals surface area contributed by atoms with E-state index in [0.29, 0.717) is 6.04 Å². The molecule has 0 saturated heterocycles. The molecule has 2 heterocycles. The molecule has 0 radical (unpaired) electrons. The molecule has 0 saturated carbocycles. The van der Waals surface area contributed by atoms with Gasteiger partial charge in [0.25, 0.3) is 0 Å². The first-order valence-corrected chi connectivity index (χ1v) is 6.31. The minimum Gasteiger partial charge on any atom is -0.364 e. The summed E-state index contributed by atoms with van der Waals surface area (Å²) in [4.78, 5) is 10.8. The molecule has 0 aliphatic carbocycles. The predicted octanol–water partition coefficient (Wildman–Crippen LogP) is 2.33. The fourth-order valence-corrected chi connectivity index (χ4v) is 1.79. The number of amidine groups is 1. The molecule has 0 amide bonds. The Kier molecular flexibility index (Phi) is 3.97. The van der Waals surface area contributed by atoms with E-state index in [1.54, 1.807) is 6.20 Å². The predicted molar refractivity (Wildman–Crippen MR) is 74.2 cm³/mol. The molecule has 1 aliphatic rings. The van der Waals surface area contributed by atoms with Gasteiger partial charge in [0.2, 0.25) is 0 Å². The molecule has 18 heavy (non-hydrogen) atoms. The molecule has 4 heteroatoms. The van der Waals surface area contributed by atoms with Crippen molar-refractivity contribution in [3.63, 3.8) is 0 Å². The van der Waals surface area contributed by atoms with E-state index < -0.39 is 0 Å². The maximum atomic E-state index is 4.52. The monoisotopic (exact) mass is 244 g/mol. The van der Waals surface area contributed by atoms with Gasteiger partial charge in [0.1, 0.15) is 12.5 Å². The van der Waals surface area contributed by atoms with Crippen LogP contribution in [0.15, 0.2) is 41.8 Å². The van der Waals surface area contributed by atoms with Crippen LogP contribution in [0.1, 0.15) is 32.4 Å². The quantitative estimate of drug-likeness (QED) is 0.887. The molecule has 1 aromatic rings. The Morgan fingerprint density at radius 1 is 1.33 bits per heavy atom. The Morgan fingerprint density at radius 2 is 2.17 bits per heavy atom. The standard InChI is InChI=1S/C14H20N4/c1-11(2)18-8-6-14(16-10-18)17-12(3)13-5-4-7-15-9-13/h4-9,11-12H,10H2,1-3H3,(H,16,17). The van der Waals surface area contributed by atoms with Crippen LogP contribution in [0.2, 0.25) is 0 Å². The molecule has 0 aromatic carbocycles. The van der Waals surface area contributed by atoms with Gasteiger partial charge in [0.15, 0.2) is 0 Å². The lowest BCUT2D eigenvalue weighted by Gasteiger charge is -2.27. The minimum absolute atomic E-state index is 0.215. The molecular formula is C14H20N4. The van der Waals surface area contributed by atoms with Crippen LogP contribution in [0, 0.1) is 0 Å². The number of aliphatic imine (C=N–C) groups is 1. The highest BCUT2D eigenvalue weighted by atomic mass is 15.2. The molecule has 4 nitrogen and oxygen atoms in total. The Balaban J connectivity index is 1.94. The molecule has 0 spiro atoms. The average Bonchev–Trinajstić information content (AvgIpc) is 2.40. The Morgan fingerprint density at radius 3 is 2.72 bits per heavy atom. The third-order valence-electron chi connectivity index (χ3n) is 3.04. The normalized spacial score (nSPS) is 16.7. The second kappa shape index (κ2) is 5.67. The number of hydrogen-bond donors (Lipinski definition) is 1. The van der Waals surface area contributed by atoms with Gasteiger partial charge in [-0.3, -0.25) is 4.98 Å². The smallest absolute Gasteiger partial charge is 0.124 e. The van der Waals surface area contributed by atoms with Crippen molar-refractivity contribution in [3.05, 3.63) is 42.4 Å². The fraction of sp³-hybridized carbons (Fsp3) is 0.429. The van der Waals surface area contributed by atoms with Crippen LogP contribution >= 0.6 is 0 Å². The first-order chi connectivity index (χ1) is 8.66. The van der Waals surface area contributed by atoms with Crippen LogP contribution in [0.4, 0.5) is 0 Å². The molecule has 0 fully saturated rings. The van der Waals surface area contributed by atoms with E-state index in [1.165, 1.54) is 5.56 Å². The number of rotatable bonds is 3. The van der Waals surface area contributed by atoms with Crippen molar-refractivity contribution in [1.82, 2.24) is 15.2 Å². The van der Waals surface area contributed by atoms with Crippen LogP contribution in [0.25, 0.3) is 0 Å². The lowest BCUT2D eigenvalue weighted by atomic mass is 10.1. The summed E-state index contributed by atoms with van der Waals surface area (Å²) in [6, 6.07) is 4.72. The molecule has 0 bridgehead atoms. The first kappa shape index (κ1) is 12.6. The van der Waals surface area contributed by atoms with Crippen LogP contribution in [0.3, 0.4) is 0 Å². The van der Waals surface area contributed by atoms with Gasteiger partial charge in [-0.25, -0.2) is 4.99 Å². The van der Waals surface area contributed by atoms with Gasteiger partial charge in [0.05, 0.1) is 6.04 Å². The summed E-state index contributed by atoms with van der Waals surface area (Å²) >= 11 is 0. The number of pyridine rings is 1. The molecule has 1 unspecified atom stereocenters. The van der Waals surface area contributed by atoms with Gasteiger partial charge >= 0.3 is 0 Å². The maximum absolute atomic E-state index is 4.52. The van der Waals surface area contributed by atoms with Crippen molar-refractivity contribution in [2.75, 3.05) is 6.67 Å². The van der Waals surface area contributed by atoms with E-state index in [0.717, 1.165) is 12.5 Å². The van der Waals surface area contributed by atoms with Crippen molar-refractivity contribution in [1.29, 1.82) is 0 Å². The van der Waals surface area contributed by atoms with Crippen LogP contribution in [0.5, 0.6) is 0 Å². The number of aromatic nitrogens is 1. The zero-order chi connectivity index (χ0) is 13.0. The van der Waals surface area contributed by atoms with Gasteiger partial charge in [-0.05, 0) is 38.5 Å². The lowest BCUT2D eigenvalue weighted by Crippen LogP contribution is -2.33. The van der Waals surface area contributed by atoms with Crippen molar-refractivity contribution < 1.29 is 0 Å². The Bertz CT molecular complexity index is 436. The van der Waals surface area contributed by atoms with E-state index in [-0.39, 0.29) is 6.04 Å². The van der Waals surface area contributed by atoms with Crippen molar-refractivity contribution in [3.8, 4) is 0 Å². The highest BCUT2D eigenvalue weighted by molar-refractivity contribution is 5.93. The molecular weight excluding hydrogens is 224 g/mol. The molecule has 2 rings (SSSR count). The summed E-state index contributed by atoms with van der Waals surface area (Å²) in [6.45, 7) is 7.16. The molecule has 1 atom stereocenters. The van der Waals surface area contributed by atoms with E-state index in [1.807, 2.05) is 18.3 Å². The number of nitrogens with zero attached hydrogens (tertiary/aromatic N) is 3. The summed E-state index contributed by atoms with van der Waals surface area (Å²) in [7, 11) is 0. The summed E-state index contributed by atoms with van der Waals surface area (Å²) in [5.74, 6) is 0.934. The Labute approximate surface area is 108 Å². The second-order valence-electron chi connectivity index (χ2n) is 4.76. The third kappa shape index (κ3) is 3.09. The van der Waals surface area contributed by atoms with E-state index in [4.69, 9.17) is 0 Å². The topological polar surface area (TPSA) is 40.5 Å². The first-order valence-electron chi connectivity index (χ1n) is 6.31. The van der Waals surface area contributed by atoms with Crippen molar-refractivity contribution in [2.45, 2.75) is 32.9 Å². The summed E-state index contributed by atoms with van der Waals surface area (Å²) in [5.41, 5.74) is 1.17. The second-order valence-corrected chi connectivity index (χ2v) is 4.76. The number of hydrogen-bond acceptors (Lipinski definition) is 4. The van der Waals surface area contributed by atoms with Crippen molar-refractivity contribution >= 4 is 5.84 Å². The summed E-state index contributed by atoms with van der Waals surface area (Å²) in [5, 5.41) is 3.39. The van der Waals surface area contributed by atoms with Gasteiger partial charge in [-0.1, -0.05) is 6.07 Å². The third-order valence-corrected chi connectivity index (χ3v) is 3.04. The van der Waals surface area contributed by atoms with Gasteiger partial charge in [0, 0.05) is 24.6 Å². The van der Waals surface area contributed by atoms with Crippen molar-refractivity contribution in [2.24, 2.45) is 4.99 Å². The van der Waals surface area contributed by atoms with Crippen LogP contribution in [-0.2, 0) is 0 Å². The highest BCUT2D eigenvalue weighted by Crippen LogP contribution is 2.11. The molecule has 96 valence electrons. The number of nitrogens with one attached hydrogen (secondary N) is 1.